The first-order valence-electron chi connectivity index (χ1n) is 6.67. The number of rotatable bonds is 4. The van der Waals surface area contributed by atoms with E-state index < -0.39 is 0 Å². The fraction of sp³-hybridized carbons (Fsp3) is 0.571. The van der Waals surface area contributed by atoms with E-state index in [4.69, 9.17) is 4.74 Å². The minimum Gasteiger partial charge on any atom is -0.375 e. The van der Waals surface area contributed by atoms with Crippen molar-refractivity contribution in [2.24, 2.45) is 0 Å². The van der Waals surface area contributed by atoms with E-state index in [2.05, 4.69) is 35.1 Å². The molecule has 0 saturated carbocycles. The van der Waals surface area contributed by atoms with E-state index in [1.54, 1.807) is 6.07 Å². The molecule has 0 radical (unpaired) electrons. The summed E-state index contributed by atoms with van der Waals surface area (Å²) in [5.41, 5.74) is 0.929. The van der Waals surface area contributed by atoms with Crippen molar-refractivity contribution in [3.63, 3.8) is 0 Å². The Morgan fingerprint density at radius 1 is 1.50 bits per heavy atom. The van der Waals surface area contributed by atoms with Crippen LogP contribution in [0.5, 0.6) is 0 Å². The summed E-state index contributed by atoms with van der Waals surface area (Å²) < 4.78 is 6.41. The molecule has 0 aliphatic carbocycles. The van der Waals surface area contributed by atoms with Crippen LogP contribution in [0.4, 0.5) is 5.69 Å². The Balaban J connectivity index is 1.98. The van der Waals surface area contributed by atoms with E-state index in [0.717, 1.165) is 29.5 Å². The molecule has 5 nitrogen and oxygen atoms in total. The highest BCUT2D eigenvalue weighted by molar-refractivity contribution is 9.10. The van der Waals surface area contributed by atoms with Gasteiger partial charge in [0.25, 0.3) is 5.69 Å². The van der Waals surface area contributed by atoms with Crippen molar-refractivity contribution in [2.45, 2.75) is 44.9 Å². The number of nitrogens with one attached hydrogen (secondary N) is 1. The van der Waals surface area contributed by atoms with E-state index in [1.807, 2.05) is 6.07 Å². The summed E-state index contributed by atoms with van der Waals surface area (Å²) in [5.74, 6) is 0. The zero-order valence-corrected chi connectivity index (χ0v) is 13.3. The summed E-state index contributed by atoms with van der Waals surface area (Å²) in [4.78, 5) is 10.5. The minimum atomic E-state index is -0.369. The monoisotopic (exact) mass is 342 g/mol. The molecule has 1 aromatic rings. The maximum atomic E-state index is 10.8. The third kappa shape index (κ3) is 4.26. The van der Waals surface area contributed by atoms with Gasteiger partial charge in [-0.2, -0.15) is 0 Å². The van der Waals surface area contributed by atoms with Gasteiger partial charge in [0.1, 0.15) is 0 Å². The van der Waals surface area contributed by atoms with E-state index >= 15 is 0 Å². The molecular weight excluding hydrogens is 324 g/mol. The Hall–Kier alpha value is -0.980. The van der Waals surface area contributed by atoms with Crippen molar-refractivity contribution >= 4 is 21.6 Å². The molecule has 0 aromatic heterocycles. The van der Waals surface area contributed by atoms with Crippen LogP contribution in [0.15, 0.2) is 22.7 Å². The zero-order valence-electron chi connectivity index (χ0n) is 11.7. The summed E-state index contributed by atoms with van der Waals surface area (Å²) >= 11 is 3.31. The van der Waals surface area contributed by atoms with Crippen LogP contribution in [0.2, 0.25) is 0 Å². The largest absolute Gasteiger partial charge is 0.375 e. The molecule has 6 heteroatoms. The Kier molecular flexibility index (Phi) is 4.78. The SMILES string of the molecule is CC1(C)CC(NCc2cc(Br)cc([N+](=O)[O-])c2)CCO1. The van der Waals surface area contributed by atoms with Gasteiger partial charge in [-0.1, -0.05) is 15.9 Å². The molecule has 0 spiro atoms. The van der Waals surface area contributed by atoms with Crippen LogP contribution in [-0.2, 0) is 11.3 Å². The lowest BCUT2D eigenvalue weighted by Gasteiger charge is -2.36. The second-order valence-corrected chi connectivity index (χ2v) is 6.67. The second kappa shape index (κ2) is 6.20. The number of hydrogen-bond donors (Lipinski definition) is 1. The number of nitro benzene ring substituents is 1. The van der Waals surface area contributed by atoms with E-state index in [1.165, 1.54) is 6.07 Å². The van der Waals surface area contributed by atoms with E-state index in [0.29, 0.717) is 12.6 Å². The number of non-ortho nitro benzene ring substituents is 1. The van der Waals surface area contributed by atoms with E-state index in [-0.39, 0.29) is 16.2 Å². The molecule has 0 amide bonds. The van der Waals surface area contributed by atoms with Gasteiger partial charge in [0.2, 0.25) is 0 Å². The third-order valence-electron chi connectivity index (χ3n) is 3.45. The van der Waals surface area contributed by atoms with Gasteiger partial charge >= 0.3 is 0 Å². The molecule has 110 valence electrons. The zero-order chi connectivity index (χ0) is 14.8. The number of ether oxygens (including phenoxy) is 1. The first kappa shape index (κ1) is 15.4. The van der Waals surface area contributed by atoms with Crippen molar-refractivity contribution in [1.82, 2.24) is 5.32 Å². The van der Waals surface area contributed by atoms with Gasteiger partial charge in [0.05, 0.1) is 10.5 Å². The summed E-state index contributed by atoms with van der Waals surface area (Å²) in [6, 6.07) is 5.42. The molecule has 1 saturated heterocycles. The molecule has 1 unspecified atom stereocenters. The van der Waals surface area contributed by atoms with Crippen LogP contribution < -0.4 is 5.32 Å². The Morgan fingerprint density at radius 2 is 2.25 bits per heavy atom. The third-order valence-corrected chi connectivity index (χ3v) is 3.90. The predicted octanol–water partition coefficient (Wildman–Crippen LogP) is 3.40. The molecule has 2 rings (SSSR count). The molecule has 1 aromatic carbocycles. The van der Waals surface area contributed by atoms with E-state index in [9.17, 15) is 10.1 Å². The maximum absolute atomic E-state index is 10.8. The van der Waals surface area contributed by atoms with Crippen LogP contribution in [-0.4, -0.2) is 23.2 Å². The van der Waals surface area contributed by atoms with Crippen molar-refractivity contribution in [1.29, 1.82) is 0 Å². The molecular formula is C14H19BrN2O3. The standard InChI is InChI=1S/C14H19BrN2O3/c1-14(2)8-12(3-4-20-14)16-9-10-5-11(15)7-13(6-10)17(18)19/h5-7,12,16H,3-4,8-9H2,1-2H3. The van der Waals surface area contributed by atoms with Gasteiger partial charge in [-0.05, 0) is 38.3 Å². The predicted molar refractivity (Wildman–Crippen MR) is 80.7 cm³/mol. The fourth-order valence-electron chi connectivity index (χ4n) is 2.51. The molecule has 1 aliphatic heterocycles. The summed E-state index contributed by atoms with van der Waals surface area (Å²) in [7, 11) is 0. The highest BCUT2D eigenvalue weighted by Crippen LogP contribution is 2.25. The summed E-state index contributed by atoms with van der Waals surface area (Å²) in [5, 5.41) is 14.3. The molecule has 1 N–H and O–H groups in total. The fourth-order valence-corrected chi connectivity index (χ4v) is 3.04. The molecule has 1 fully saturated rings. The van der Waals surface area contributed by atoms with Crippen LogP contribution >= 0.6 is 15.9 Å². The van der Waals surface area contributed by atoms with Crippen molar-refractivity contribution in [2.75, 3.05) is 6.61 Å². The van der Waals surface area contributed by atoms with Crippen molar-refractivity contribution < 1.29 is 9.66 Å². The first-order valence-corrected chi connectivity index (χ1v) is 7.46. The van der Waals surface area contributed by atoms with Gasteiger partial charge in [0.15, 0.2) is 0 Å². The number of nitro groups is 1. The van der Waals surface area contributed by atoms with Crippen molar-refractivity contribution in [3.8, 4) is 0 Å². The average Bonchev–Trinajstić information content (AvgIpc) is 2.34. The average molecular weight is 343 g/mol. The van der Waals surface area contributed by atoms with Crippen LogP contribution in [0, 0.1) is 10.1 Å². The number of hydrogen-bond acceptors (Lipinski definition) is 4. The number of benzene rings is 1. The van der Waals surface area contributed by atoms with Gasteiger partial charge in [-0.3, -0.25) is 10.1 Å². The highest BCUT2D eigenvalue weighted by atomic mass is 79.9. The second-order valence-electron chi connectivity index (χ2n) is 5.75. The lowest BCUT2D eigenvalue weighted by Crippen LogP contribution is -2.43. The van der Waals surface area contributed by atoms with Gasteiger partial charge in [-0.25, -0.2) is 0 Å². The first-order chi connectivity index (χ1) is 9.35. The summed E-state index contributed by atoms with van der Waals surface area (Å²) in [6.07, 6.45) is 1.92. The number of halogens is 1. The maximum Gasteiger partial charge on any atom is 0.270 e. The molecule has 0 bridgehead atoms. The highest BCUT2D eigenvalue weighted by Gasteiger charge is 2.28. The normalized spacial score (nSPS) is 21.6. The lowest BCUT2D eigenvalue weighted by atomic mass is 9.94. The van der Waals surface area contributed by atoms with Gasteiger partial charge < -0.3 is 10.1 Å². The Morgan fingerprint density at radius 3 is 2.90 bits per heavy atom. The van der Waals surface area contributed by atoms with Crippen LogP contribution in [0.3, 0.4) is 0 Å². The van der Waals surface area contributed by atoms with Gasteiger partial charge in [0, 0.05) is 35.8 Å². The Bertz CT molecular complexity index is 505. The molecule has 1 aliphatic rings. The quantitative estimate of drug-likeness (QED) is 0.672. The molecule has 1 atom stereocenters. The topological polar surface area (TPSA) is 64.4 Å². The van der Waals surface area contributed by atoms with Crippen LogP contribution in [0.1, 0.15) is 32.3 Å². The molecule has 20 heavy (non-hydrogen) atoms. The van der Waals surface area contributed by atoms with Crippen molar-refractivity contribution in [3.05, 3.63) is 38.3 Å². The van der Waals surface area contributed by atoms with Crippen LogP contribution in [0.25, 0.3) is 0 Å². The lowest BCUT2D eigenvalue weighted by molar-refractivity contribution is -0.385. The van der Waals surface area contributed by atoms with Gasteiger partial charge in [-0.15, -0.1) is 0 Å². The minimum absolute atomic E-state index is 0.0980. The molecule has 1 heterocycles. The smallest absolute Gasteiger partial charge is 0.270 e. The number of nitrogens with zero attached hydrogens (tertiary/aromatic N) is 1. The summed E-state index contributed by atoms with van der Waals surface area (Å²) in [6.45, 7) is 5.56. The Labute approximate surface area is 127 Å².